The first-order valence-electron chi connectivity index (χ1n) is 11.7. The molecule has 1 saturated heterocycles. The van der Waals surface area contributed by atoms with E-state index in [2.05, 4.69) is 4.90 Å². The molecule has 2 aromatic rings. The van der Waals surface area contributed by atoms with Crippen LogP contribution in [0.1, 0.15) is 24.8 Å². The molecule has 10 heteroatoms. The number of ether oxygens (including phenoxy) is 1. The fraction of sp³-hybridized carbons (Fsp3) is 0.520. The second-order valence-electron chi connectivity index (χ2n) is 9.12. The average Bonchev–Trinajstić information content (AvgIpc) is 2.83. The lowest BCUT2D eigenvalue weighted by atomic mass is 9.96. The number of nitrogens with zero attached hydrogens (tertiary/aromatic N) is 2. The van der Waals surface area contributed by atoms with Crippen molar-refractivity contribution in [2.45, 2.75) is 59.6 Å². The zero-order chi connectivity index (χ0) is 25.2. The summed E-state index contributed by atoms with van der Waals surface area (Å²) in [5, 5.41) is 29.2. The number of para-hydroxylation sites is 1. The third kappa shape index (κ3) is 6.12. The highest BCUT2D eigenvalue weighted by Crippen LogP contribution is 2.49. The second-order valence-corrected chi connectivity index (χ2v) is 10.2. The lowest BCUT2D eigenvalue weighted by molar-refractivity contribution is -0.181. The van der Waals surface area contributed by atoms with Crippen LogP contribution in [0.5, 0.6) is 0 Å². The van der Waals surface area contributed by atoms with E-state index in [1.54, 1.807) is 6.07 Å². The molecule has 2 aromatic carbocycles. The van der Waals surface area contributed by atoms with Gasteiger partial charge in [0.15, 0.2) is 0 Å². The highest BCUT2D eigenvalue weighted by molar-refractivity contribution is 7.99. The molecule has 0 amide bonds. The van der Waals surface area contributed by atoms with Crippen molar-refractivity contribution in [1.82, 2.24) is 4.90 Å². The third-order valence-electron chi connectivity index (χ3n) is 6.53. The van der Waals surface area contributed by atoms with E-state index in [1.807, 2.05) is 36.2 Å². The van der Waals surface area contributed by atoms with Gasteiger partial charge in [-0.15, -0.1) is 0 Å². The Morgan fingerprint density at radius 2 is 1.83 bits per heavy atom. The lowest BCUT2D eigenvalue weighted by Gasteiger charge is -2.37. The first kappa shape index (κ1) is 26.2. The maximum atomic E-state index is 13.4. The topological polar surface area (TPSA) is 76.4 Å². The summed E-state index contributed by atoms with van der Waals surface area (Å²) in [6.45, 7) is 1.62. The van der Waals surface area contributed by atoms with Gasteiger partial charge in [0.25, 0.3) is 0 Å². The van der Waals surface area contributed by atoms with Gasteiger partial charge in [0.2, 0.25) is 0 Å². The standard InChI is InChI=1S/C25H31F3N2O4S/c1-29(12-9-17-14-20(32)24(33)21(15-31)34-17)10-4-11-30-18-5-2-3-6-22(18)35-23-8-7-16(13-19(23)30)25(26,27)28/h2-3,5-8,13,17,20-21,24,31-33H,4,9-12,14-15H2,1H3/t17-,20?,21?,24+/m1/s1. The van der Waals surface area contributed by atoms with Crippen LogP contribution in [0.4, 0.5) is 24.5 Å². The fourth-order valence-electron chi connectivity index (χ4n) is 4.60. The van der Waals surface area contributed by atoms with Gasteiger partial charge in [-0.3, -0.25) is 0 Å². The van der Waals surface area contributed by atoms with Crippen LogP contribution in [0.15, 0.2) is 52.3 Å². The third-order valence-corrected chi connectivity index (χ3v) is 7.66. The summed E-state index contributed by atoms with van der Waals surface area (Å²) in [7, 11) is 1.97. The van der Waals surface area contributed by atoms with Gasteiger partial charge in [0, 0.05) is 29.3 Å². The van der Waals surface area contributed by atoms with Crippen LogP contribution >= 0.6 is 11.8 Å². The van der Waals surface area contributed by atoms with E-state index in [4.69, 9.17) is 4.74 Å². The predicted molar refractivity (Wildman–Crippen MR) is 128 cm³/mol. The van der Waals surface area contributed by atoms with Gasteiger partial charge in [-0.05, 0) is 56.8 Å². The summed E-state index contributed by atoms with van der Waals surface area (Å²) in [5.74, 6) is 0. The van der Waals surface area contributed by atoms with Crippen molar-refractivity contribution >= 4 is 23.1 Å². The Kier molecular flexibility index (Phi) is 8.30. The van der Waals surface area contributed by atoms with Gasteiger partial charge in [-0.1, -0.05) is 23.9 Å². The normalized spacial score (nSPS) is 24.4. The van der Waals surface area contributed by atoms with Gasteiger partial charge in [-0.2, -0.15) is 13.2 Å². The number of benzene rings is 2. The van der Waals surface area contributed by atoms with Crippen molar-refractivity contribution < 1.29 is 33.2 Å². The minimum Gasteiger partial charge on any atom is -0.394 e. The van der Waals surface area contributed by atoms with E-state index >= 15 is 0 Å². The van der Waals surface area contributed by atoms with E-state index < -0.39 is 30.1 Å². The van der Waals surface area contributed by atoms with E-state index in [-0.39, 0.29) is 12.7 Å². The number of alkyl halides is 3. The highest BCUT2D eigenvalue weighted by Gasteiger charge is 2.36. The van der Waals surface area contributed by atoms with Crippen LogP contribution < -0.4 is 4.90 Å². The summed E-state index contributed by atoms with van der Waals surface area (Å²) < 4.78 is 45.8. The first-order valence-corrected chi connectivity index (χ1v) is 12.6. The summed E-state index contributed by atoms with van der Waals surface area (Å²) in [5.41, 5.74) is 0.828. The molecule has 6 nitrogen and oxygen atoms in total. The molecule has 0 bridgehead atoms. The van der Waals surface area contributed by atoms with Crippen molar-refractivity contribution in [3.63, 3.8) is 0 Å². The van der Waals surface area contributed by atoms with Crippen LogP contribution in [0.2, 0.25) is 0 Å². The molecule has 2 unspecified atom stereocenters. The molecular weight excluding hydrogens is 481 g/mol. The molecule has 2 heterocycles. The molecule has 2 aliphatic heterocycles. The van der Waals surface area contributed by atoms with Crippen LogP contribution in [0, 0.1) is 0 Å². The summed E-state index contributed by atoms with van der Waals surface area (Å²) >= 11 is 1.48. The molecule has 0 spiro atoms. The molecule has 4 atom stereocenters. The van der Waals surface area contributed by atoms with Gasteiger partial charge in [-0.25, -0.2) is 0 Å². The zero-order valence-electron chi connectivity index (χ0n) is 19.5. The number of aliphatic hydroxyl groups is 3. The number of fused-ring (bicyclic) bond motifs is 2. The van der Waals surface area contributed by atoms with Gasteiger partial charge in [0.1, 0.15) is 12.2 Å². The predicted octanol–water partition coefficient (Wildman–Crippen LogP) is 3.89. The monoisotopic (exact) mass is 512 g/mol. The number of rotatable bonds is 8. The smallest absolute Gasteiger partial charge is 0.394 e. The molecule has 0 aliphatic carbocycles. The molecule has 0 radical (unpaired) electrons. The summed E-state index contributed by atoms with van der Waals surface area (Å²) in [4.78, 5) is 5.91. The van der Waals surface area contributed by atoms with E-state index in [9.17, 15) is 28.5 Å². The van der Waals surface area contributed by atoms with Crippen molar-refractivity contribution in [3.05, 3.63) is 48.0 Å². The van der Waals surface area contributed by atoms with Crippen LogP contribution in [-0.2, 0) is 10.9 Å². The van der Waals surface area contributed by atoms with Gasteiger partial charge in [0.05, 0.1) is 35.8 Å². The molecule has 3 N–H and O–H groups in total. The first-order chi connectivity index (χ1) is 16.7. The maximum Gasteiger partial charge on any atom is 0.416 e. The quantitative estimate of drug-likeness (QED) is 0.496. The Morgan fingerprint density at radius 1 is 1.09 bits per heavy atom. The summed E-state index contributed by atoms with van der Waals surface area (Å²) in [6, 6.07) is 11.7. The number of aliphatic hydroxyl groups excluding tert-OH is 3. The SMILES string of the molecule is CN(CCCN1c2ccccc2Sc2ccc(C(F)(F)F)cc21)CC[C@@H]1CC(O)[C@H](O)C(CO)O1. The summed E-state index contributed by atoms with van der Waals surface area (Å²) in [6.07, 6.45) is -5.77. The molecule has 0 aromatic heterocycles. The zero-order valence-corrected chi connectivity index (χ0v) is 20.3. The molecule has 0 saturated carbocycles. The van der Waals surface area contributed by atoms with Gasteiger partial charge >= 0.3 is 6.18 Å². The molecule has 192 valence electrons. The Bertz CT molecular complexity index is 1010. The molecule has 35 heavy (non-hydrogen) atoms. The Hall–Kier alpha value is -1.82. The van der Waals surface area contributed by atoms with Crippen molar-refractivity contribution in [2.75, 3.05) is 38.2 Å². The Morgan fingerprint density at radius 3 is 2.57 bits per heavy atom. The fourth-order valence-corrected chi connectivity index (χ4v) is 5.67. The number of halogens is 3. The van der Waals surface area contributed by atoms with Crippen LogP contribution in [0.3, 0.4) is 0 Å². The second kappa shape index (κ2) is 11.1. The van der Waals surface area contributed by atoms with Crippen molar-refractivity contribution in [3.8, 4) is 0 Å². The maximum absolute atomic E-state index is 13.4. The number of hydrogen-bond acceptors (Lipinski definition) is 7. The number of hydrogen-bond donors (Lipinski definition) is 3. The van der Waals surface area contributed by atoms with Crippen molar-refractivity contribution in [2.24, 2.45) is 0 Å². The molecule has 1 fully saturated rings. The van der Waals surface area contributed by atoms with E-state index in [1.165, 1.54) is 17.8 Å². The minimum atomic E-state index is -4.40. The molecular formula is C25H31F3N2O4S. The largest absolute Gasteiger partial charge is 0.416 e. The molecule has 4 rings (SSSR count). The van der Waals surface area contributed by atoms with Crippen molar-refractivity contribution in [1.29, 1.82) is 0 Å². The molecule has 2 aliphatic rings. The van der Waals surface area contributed by atoms with Gasteiger partial charge < -0.3 is 29.9 Å². The van der Waals surface area contributed by atoms with E-state index in [0.717, 1.165) is 34.5 Å². The highest BCUT2D eigenvalue weighted by atomic mass is 32.2. The number of anilines is 2. The Labute approximate surface area is 207 Å². The lowest BCUT2D eigenvalue weighted by Crippen LogP contribution is -2.50. The Balaban J connectivity index is 1.37. The van der Waals surface area contributed by atoms with Crippen LogP contribution in [0.25, 0.3) is 0 Å². The minimum absolute atomic E-state index is 0.258. The van der Waals surface area contributed by atoms with Crippen LogP contribution in [-0.4, -0.2) is 77.9 Å². The van der Waals surface area contributed by atoms with E-state index in [0.29, 0.717) is 31.6 Å². The average molecular weight is 513 g/mol.